The van der Waals surface area contributed by atoms with E-state index in [9.17, 15) is 9.90 Å². The number of hydrogen-bond donors (Lipinski definition) is 1. The largest absolute Gasteiger partial charge is 0.496 e. The highest BCUT2D eigenvalue weighted by Gasteiger charge is 2.16. The molecule has 0 saturated heterocycles. The van der Waals surface area contributed by atoms with Crippen LogP contribution < -0.4 is 4.74 Å². The van der Waals surface area contributed by atoms with E-state index in [1.807, 2.05) is 50.4 Å². The fourth-order valence-corrected chi connectivity index (χ4v) is 3.84. The Balaban J connectivity index is 2.13. The van der Waals surface area contributed by atoms with Gasteiger partial charge in [-0.3, -0.25) is 0 Å². The molecule has 2 heterocycles. The van der Waals surface area contributed by atoms with Crippen LogP contribution in [0, 0.1) is 20.8 Å². The molecule has 0 atom stereocenters. The first-order valence-electron chi connectivity index (χ1n) is 7.86. The lowest BCUT2D eigenvalue weighted by molar-refractivity contribution is 0.0701. The normalized spacial score (nSPS) is 10.7. The van der Waals surface area contributed by atoms with Crippen LogP contribution >= 0.6 is 11.3 Å². The summed E-state index contributed by atoms with van der Waals surface area (Å²) in [7, 11) is 1.66. The number of methoxy groups -OCH3 is 1. The maximum atomic E-state index is 11.3. The number of thiophene rings is 1. The topological polar surface area (TPSA) is 59.4 Å². The molecule has 1 aromatic carbocycles. The molecule has 3 aromatic rings. The van der Waals surface area contributed by atoms with Crippen LogP contribution in [-0.2, 0) is 0 Å². The predicted molar refractivity (Wildman–Crippen MR) is 101 cm³/mol. The zero-order valence-corrected chi connectivity index (χ0v) is 15.4. The molecular formula is C20H19NO3S. The molecule has 5 heteroatoms. The van der Waals surface area contributed by atoms with Crippen molar-refractivity contribution in [2.24, 2.45) is 0 Å². The van der Waals surface area contributed by atoms with Gasteiger partial charge in [-0.05, 0) is 56.2 Å². The number of carboxylic acids is 1. The van der Waals surface area contributed by atoms with E-state index in [0.29, 0.717) is 4.88 Å². The Hall–Kier alpha value is -2.66. The van der Waals surface area contributed by atoms with Crippen molar-refractivity contribution >= 4 is 17.3 Å². The van der Waals surface area contributed by atoms with Crippen LogP contribution in [0.3, 0.4) is 0 Å². The highest BCUT2D eigenvalue weighted by Crippen LogP contribution is 2.34. The van der Waals surface area contributed by atoms with Gasteiger partial charge in [0, 0.05) is 22.1 Å². The van der Waals surface area contributed by atoms with Crippen molar-refractivity contribution < 1.29 is 14.6 Å². The number of pyridine rings is 1. The maximum absolute atomic E-state index is 11.3. The third kappa shape index (κ3) is 3.15. The Morgan fingerprint density at radius 2 is 1.76 bits per heavy atom. The first-order valence-corrected chi connectivity index (χ1v) is 8.74. The van der Waals surface area contributed by atoms with Crippen LogP contribution in [-0.4, -0.2) is 23.2 Å². The van der Waals surface area contributed by atoms with Crippen LogP contribution in [0.5, 0.6) is 5.75 Å². The second kappa shape index (κ2) is 6.69. The van der Waals surface area contributed by atoms with Gasteiger partial charge in [-0.25, -0.2) is 9.78 Å². The van der Waals surface area contributed by atoms with Crippen molar-refractivity contribution in [3.05, 3.63) is 57.3 Å². The lowest BCUT2D eigenvalue weighted by atomic mass is 10.00. The lowest BCUT2D eigenvalue weighted by Crippen LogP contribution is -1.96. The molecule has 0 aliphatic heterocycles. The molecule has 1 N–H and O–H groups in total. The summed E-state index contributed by atoms with van der Waals surface area (Å²) in [4.78, 5) is 16.4. The SMILES string of the molecule is COc1cc(C)cc(-c2cccc(-c3csc(C(=O)O)c3C)n2)c1C. The fourth-order valence-electron chi connectivity index (χ4n) is 2.92. The minimum atomic E-state index is -0.899. The van der Waals surface area contributed by atoms with Crippen molar-refractivity contribution in [2.75, 3.05) is 7.11 Å². The van der Waals surface area contributed by atoms with E-state index in [1.165, 1.54) is 11.3 Å². The summed E-state index contributed by atoms with van der Waals surface area (Å²) < 4.78 is 5.46. The molecule has 4 nitrogen and oxygen atoms in total. The highest BCUT2D eigenvalue weighted by molar-refractivity contribution is 7.12. The van der Waals surface area contributed by atoms with Crippen molar-refractivity contribution in [1.82, 2.24) is 4.98 Å². The van der Waals surface area contributed by atoms with Gasteiger partial charge in [0.25, 0.3) is 0 Å². The van der Waals surface area contributed by atoms with Crippen LogP contribution in [0.25, 0.3) is 22.5 Å². The van der Waals surface area contributed by atoms with Crippen LogP contribution in [0.4, 0.5) is 0 Å². The predicted octanol–water partition coefficient (Wildman–Crippen LogP) is 5.11. The molecule has 0 spiro atoms. The number of carbonyl (C=O) groups is 1. The molecule has 0 fully saturated rings. The quantitative estimate of drug-likeness (QED) is 0.708. The van der Waals surface area contributed by atoms with Gasteiger partial charge in [0.2, 0.25) is 0 Å². The summed E-state index contributed by atoms with van der Waals surface area (Å²) >= 11 is 1.23. The minimum Gasteiger partial charge on any atom is -0.496 e. The smallest absolute Gasteiger partial charge is 0.346 e. The number of rotatable bonds is 4. The van der Waals surface area contributed by atoms with E-state index in [4.69, 9.17) is 9.72 Å². The average molecular weight is 353 g/mol. The van der Waals surface area contributed by atoms with Gasteiger partial charge in [0.05, 0.1) is 18.5 Å². The second-order valence-corrected chi connectivity index (χ2v) is 6.84. The van der Waals surface area contributed by atoms with Gasteiger partial charge in [-0.2, -0.15) is 0 Å². The van der Waals surface area contributed by atoms with Crippen LogP contribution in [0.2, 0.25) is 0 Å². The van der Waals surface area contributed by atoms with E-state index in [-0.39, 0.29) is 0 Å². The van der Waals surface area contributed by atoms with Crippen molar-refractivity contribution in [1.29, 1.82) is 0 Å². The Kier molecular flexibility index (Phi) is 4.59. The molecule has 0 amide bonds. The molecule has 2 aromatic heterocycles. The summed E-state index contributed by atoms with van der Waals surface area (Å²) in [6.07, 6.45) is 0. The number of ether oxygens (including phenoxy) is 1. The highest BCUT2D eigenvalue weighted by atomic mass is 32.1. The summed E-state index contributed by atoms with van der Waals surface area (Å²) in [5.74, 6) is -0.0637. The molecule has 0 radical (unpaired) electrons. The fraction of sp³-hybridized carbons (Fsp3) is 0.200. The second-order valence-electron chi connectivity index (χ2n) is 5.96. The van der Waals surface area contributed by atoms with Gasteiger partial charge in [-0.15, -0.1) is 11.3 Å². The first-order chi connectivity index (χ1) is 11.9. The van der Waals surface area contributed by atoms with Gasteiger partial charge in [-0.1, -0.05) is 6.07 Å². The van der Waals surface area contributed by atoms with Gasteiger partial charge < -0.3 is 9.84 Å². The summed E-state index contributed by atoms with van der Waals surface area (Å²) in [5, 5.41) is 11.1. The number of carboxylic acid groups (broad SMARTS) is 1. The molecular weight excluding hydrogens is 334 g/mol. The minimum absolute atomic E-state index is 0.357. The summed E-state index contributed by atoms with van der Waals surface area (Å²) in [6.45, 7) is 5.86. The molecule has 0 bridgehead atoms. The van der Waals surface area contributed by atoms with Crippen molar-refractivity contribution in [3.8, 4) is 28.3 Å². The maximum Gasteiger partial charge on any atom is 0.346 e. The number of aromatic carboxylic acids is 1. The van der Waals surface area contributed by atoms with Crippen LogP contribution in [0.15, 0.2) is 35.7 Å². The zero-order valence-electron chi connectivity index (χ0n) is 14.6. The third-order valence-corrected chi connectivity index (χ3v) is 5.33. The molecule has 0 unspecified atom stereocenters. The van der Waals surface area contributed by atoms with Crippen molar-refractivity contribution in [2.45, 2.75) is 20.8 Å². The number of benzene rings is 1. The standard InChI is InChI=1S/C20H19NO3S/c1-11-8-14(12(2)18(9-11)24-4)16-6-5-7-17(21-16)15-10-25-19(13(15)3)20(22)23/h5-10H,1-4H3,(H,22,23). The Morgan fingerprint density at radius 3 is 2.36 bits per heavy atom. The molecule has 25 heavy (non-hydrogen) atoms. The third-order valence-electron chi connectivity index (χ3n) is 4.26. The van der Waals surface area contributed by atoms with Gasteiger partial charge >= 0.3 is 5.97 Å². The number of aryl methyl sites for hydroxylation is 1. The van der Waals surface area contributed by atoms with E-state index in [0.717, 1.165) is 45.0 Å². The zero-order chi connectivity index (χ0) is 18.1. The van der Waals surface area contributed by atoms with E-state index >= 15 is 0 Å². The van der Waals surface area contributed by atoms with Crippen molar-refractivity contribution in [3.63, 3.8) is 0 Å². The Morgan fingerprint density at radius 1 is 1.08 bits per heavy atom. The van der Waals surface area contributed by atoms with E-state index < -0.39 is 5.97 Å². The lowest BCUT2D eigenvalue weighted by Gasteiger charge is -2.12. The molecule has 0 aliphatic rings. The van der Waals surface area contributed by atoms with E-state index in [1.54, 1.807) is 7.11 Å². The average Bonchev–Trinajstić information content (AvgIpc) is 2.98. The van der Waals surface area contributed by atoms with Gasteiger partial charge in [0.1, 0.15) is 10.6 Å². The van der Waals surface area contributed by atoms with Gasteiger partial charge in [0.15, 0.2) is 0 Å². The van der Waals surface area contributed by atoms with E-state index in [2.05, 4.69) is 6.07 Å². The Labute approximate surface area is 150 Å². The number of nitrogens with zero attached hydrogens (tertiary/aromatic N) is 1. The first kappa shape index (κ1) is 17.2. The molecule has 0 aliphatic carbocycles. The summed E-state index contributed by atoms with van der Waals surface area (Å²) in [6, 6.07) is 9.92. The molecule has 3 rings (SSSR count). The monoisotopic (exact) mass is 353 g/mol. The van der Waals surface area contributed by atoms with Crippen LogP contribution in [0.1, 0.15) is 26.4 Å². The molecule has 0 saturated carbocycles. The number of hydrogen-bond acceptors (Lipinski definition) is 4. The Bertz CT molecular complexity index is 960. The summed E-state index contributed by atoms with van der Waals surface area (Å²) in [5.41, 5.74) is 6.39. The molecule has 128 valence electrons. The number of aromatic nitrogens is 1.